The highest BCUT2D eigenvalue weighted by Crippen LogP contribution is 2.28. The van der Waals surface area contributed by atoms with Gasteiger partial charge in [0.15, 0.2) is 4.34 Å². The molecule has 1 saturated heterocycles. The van der Waals surface area contributed by atoms with E-state index < -0.39 is 0 Å². The predicted molar refractivity (Wildman–Crippen MR) is 104 cm³/mol. The van der Waals surface area contributed by atoms with Crippen LogP contribution in [0, 0.1) is 11.3 Å². The minimum Gasteiger partial charge on any atom is -0.301 e. The van der Waals surface area contributed by atoms with E-state index in [9.17, 15) is 14.4 Å². The maximum absolute atomic E-state index is 12.0. The molecule has 8 nitrogen and oxygen atoms in total. The smallest absolute Gasteiger partial charge is 0.229 e. The van der Waals surface area contributed by atoms with Crippen molar-refractivity contribution in [3.8, 4) is 6.07 Å². The first-order valence-electron chi connectivity index (χ1n) is 8.63. The van der Waals surface area contributed by atoms with Crippen LogP contribution in [0.3, 0.4) is 0 Å². The average Bonchev–Trinajstić information content (AvgIpc) is 3.27. The molecule has 3 rings (SSSR count). The van der Waals surface area contributed by atoms with Crippen molar-refractivity contribution in [1.29, 1.82) is 5.26 Å². The number of hydrogen-bond donors (Lipinski definition) is 1. The molecule has 0 radical (unpaired) electrons. The summed E-state index contributed by atoms with van der Waals surface area (Å²) in [7, 11) is 0. The molecular formula is C18H17N5O3S2. The molecule has 2 heterocycles. The van der Waals surface area contributed by atoms with Crippen LogP contribution in [0.15, 0.2) is 28.6 Å². The maximum Gasteiger partial charge on any atom is 0.229 e. The van der Waals surface area contributed by atoms with Crippen LogP contribution in [-0.4, -0.2) is 39.4 Å². The van der Waals surface area contributed by atoms with E-state index in [0.29, 0.717) is 22.9 Å². The third-order valence-electron chi connectivity index (χ3n) is 4.04. The van der Waals surface area contributed by atoms with Gasteiger partial charge in [0.05, 0.1) is 11.6 Å². The highest BCUT2D eigenvalue weighted by atomic mass is 32.2. The van der Waals surface area contributed by atoms with Gasteiger partial charge in [-0.1, -0.05) is 35.2 Å². The van der Waals surface area contributed by atoms with E-state index >= 15 is 0 Å². The largest absolute Gasteiger partial charge is 0.301 e. The molecule has 1 N–H and O–H groups in total. The van der Waals surface area contributed by atoms with Crippen molar-refractivity contribution in [3.05, 3.63) is 35.4 Å². The number of nitrogens with zero attached hydrogens (tertiary/aromatic N) is 4. The molecule has 1 aromatic carbocycles. The lowest BCUT2D eigenvalue weighted by Crippen LogP contribution is -2.30. The lowest BCUT2D eigenvalue weighted by Gasteiger charge is -2.12. The van der Waals surface area contributed by atoms with E-state index in [1.807, 2.05) is 12.1 Å². The number of carbonyl (C=O) groups excluding carboxylic acids is 3. The van der Waals surface area contributed by atoms with E-state index in [0.717, 1.165) is 9.90 Å². The summed E-state index contributed by atoms with van der Waals surface area (Å²) >= 11 is 2.78. The summed E-state index contributed by atoms with van der Waals surface area (Å²) in [5.41, 5.74) is 1.68. The van der Waals surface area contributed by atoms with E-state index in [1.165, 1.54) is 28.0 Å². The van der Waals surface area contributed by atoms with Crippen molar-refractivity contribution in [1.82, 2.24) is 15.1 Å². The molecule has 144 valence electrons. The second-order valence-corrected chi connectivity index (χ2v) is 8.26. The Morgan fingerprint density at radius 3 is 2.61 bits per heavy atom. The van der Waals surface area contributed by atoms with Gasteiger partial charge in [-0.2, -0.15) is 5.26 Å². The second-order valence-electron chi connectivity index (χ2n) is 6.06. The molecule has 0 saturated carbocycles. The maximum atomic E-state index is 12.0. The molecule has 1 aromatic heterocycles. The SMILES string of the molecule is N#Cc1ccc(CSc2nnc(NC(=O)CCCN3C(=O)CCC3=O)s2)cc1. The van der Waals surface area contributed by atoms with Crippen molar-refractivity contribution in [3.63, 3.8) is 0 Å². The zero-order valence-corrected chi connectivity index (χ0v) is 16.5. The number of amides is 3. The van der Waals surface area contributed by atoms with Gasteiger partial charge in [0.2, 0.25) is 22.9 Å². The molecule has 10 heteroatoms. The number of likely N-dealkylation sites (tertiary alicyclic amines) is 1. The number of rotatable bonds is 8. The van der Waals surface area contributed by atoms with Crippen LogP contribution >= 0.6 is 23.1 Å². The minimum atomic E-state index is -0.223. The first-order valence-corrected chi connectivity index (χ1v) is 10.4. The van der Waals surface area contributed by atoms with Crippen LogP contribution in [-0.2, 0) is 20.1 Å². The fraction of sp³-hybridized carbons (Fsp3) is 0.333. The Bertz CT molecular complexity index is 904. The fourth-order valence-electron chi connectivity index (χ4n) is 2.59. The average molecular weight is 416 g/mol. The van der Waals surface area contributed by atoms with Gasteiger partial charge in [-0.05, 0) is 24.1 Å². The molecule has 0 aliphatic carbocycles. The Labute approximate surface area is 169 Å². The summed E-state index contributed by atoms with van der Waals surface area (Å²) in [6.07, 6.45) is 1.14. The Balaban J connectivity index is 1.41. The Morgan fingerprint density at radius 2 is 1.93 bits per heavy atom. The summed E-state index contributed by atoms with van der Waals surface area (Å²) in [6, 6.07) is 9.41. The van der Waals surface area contributed by atoms with Crippen LogP contribution in [0.25, 0.3) is 0 Å². The van der Waals surface area contributed by atoms with Gasteiger partial charge < -0.3 is 5.32 Å². The van der Waals surface area contributed by atoms with Gasteiger partial charge in [0, 0.05) is 31.6 Å². The van der Waals surface area contributed by atoms with Crippen LogP contribution in [0.4, 0.5) is 5.13 Å². The third-order valence-corrected chi connectivity index (χ3v) is 6.08. The van der Waals surface area contributed by atoms with Crippen LogP contribution in [0.1, 0.15) is 36.8 Å². The molecule has 1 fully saturated rings. The normalized spacial score (nSPS) is 13.6. The van der Waals surface area contributed by atoms with Crippen molar-refractivity contribution in [2.75, 3.05) is 11.9 Å². The van der Waals surface area contributed by atoms with Crippen molar-refractivity contribution < 1.29 is 14.4 Å². The quantitative estimate of drug-likeness (QED) is 0.400. The number of aromatic nitrogens is 2. The number of hydrogen-bond acceptors (Lipinski definition) is 8. The number of carbonyl (C=O) groups is 3. The highest BCUT2D eigenvalue weighted by Gasteiger charge is 2.28. The molecule has 3 amide bonds. The Morgan fingerprint density at radius 1 is 1.21 bits per heavy atom. The first-order chi connectivity index (χ1) is 13.5. The number of thioether (sulfide) groups is 1. The monoisotopic (exact) mass is 415 g/mol. The summed E-state index contributed by atoms with van der Waals surface area (Å²) in [5.74, 6) is 0.127. The second kappa shape index (κ2) is 9.43. The number of nitriles is 1. The lowest BCUT2D eigenvalue weighted by atomic mass is 10.2. The summed E-state index contributed by atoms with van der Waals surface area (Å²) in [6.45, 7) is 0.271. The molecule has 28 heavy (non-hydrogen) atoms. The summed E-state index contributed by atoms with van der Waals surface area (Å²) < 4.78 is 0.730. The number of nitrogens with one attached hydrogen (secondary N) is 1. The summed E-state index contributed by atoms with van der Waals surface area (Å²) in [5, 5.41) is 19.9. The number of imide groups is 1. The minimum absolute atomic E-state index is 0.168. The van der Waals surface area contributed by atoms with Crippen LogP contribution < -0.4 is 5.32 Å². The molecule has 1 aliphatic rings. The van der Waals surface area contributed by atoms with E-state index in [-0.39, 0.29) is 43.5 Å². The Kier molecular flexibility index (Phi) is 6.73. The van der Waals surface area contributed by atoms with E-state index in [4.69, 9.17) is 5.26 Å². The van der Waals surface area contributed by atoms with Gasteiger partial charge in [-0.25, -0.2) is 0 Å². The standard InChI is InChI=1S/C18H17N5O3S2/c19-10-12-3-5-13(6-4-12)11-27-18-22-21-17(28-18)20-14(24)2-1-9-23-15(25)7-8-16(23)26/h3-6H,1-2,7-9,11H2,(H,20,21,24). The lowest BCUT2D eigenvalue weighted by molar-refractivity contribution is -0.138. The van der Waals surface area contributed by atoms with Gasteiger partial charge in [-0.15, -0.1) is 10.2 Å². The molecule has 0 unspecified atom stereocenters. The number of anilines is 1. The zero-order chi connectivity index (χ0) is 19.9. The van der Waals surface area contributed by atoms with E-state index in [2.05, 4.69) is 21.6 Å². The van der Waals surface area contributed by atoms with Gasteiger partial charge >= 0.3 is 0 Å². The van der Waals surface area contributed by atoms with Gasteiger partial charge in [0.1, 0.15) is 0 Å². The first kappa shape index (κ1) is 20.0. The summed E-state index contributed by atoms with van der Waals surface area (Å²) in [4.78, 5) is 36.3. The molecule has 2 aromatic rings. The van der Waals surface area contributed by atoms with Gasteiger partial charge in [0.25, 0.3) is 0 Å². The fourth-order valence-corrected chi connectivity index (χ4v) is 4.31. The molecular weight excluding hydrogens is 398 g/mol. The van der Waals surface area contributed by atoms with E-state index in [1.54, 1.807) is 12.1 Å². The van der Waals surface area contributed by atoms with Gasteiger partial charge in [-0.3, -0.25) is 19.3 Å². The molecule has 1 aliphatic heterocycles. The molecule has 0 atom stereocenters. The third kappa shape index (κ3) is 5.37. The predicted octanol–water partition coefficient (Wildman–Crippen LogP) is 2.57. The van der Waals surface area contributed by atoms with Crippen molar-refractivity contribution in [2.45, 2.75) is 35.8 Å². The number of benzene rings is 1. The highest BCUT2D eigenvalue weighted by molar-refractivity contribution is 8.00. The van der Waals surface area contributed by atoms with Crippen LogP contribution in [0.5, 0.6) is 0 Å². The van der Waals surface area contributed by atoms with Crippen molar-refractivity contribution in [2.24, 2.45) is 0 Å². The zero-order valence-electron chi connectivity index (χ0n) is 14.9. The molecule has 0 spiro atoms. The van der Waals surface area contributed by atoms with Crippen molar-refractivity contribution >= 4 is 46.0 Å². The topological polar surface area (TPSA) is 116 Å². The van der Waals surface area contributed by atoms with Crippen LogP contribution in [0.2, 0.25) is 0 Å². The molecule has 0 bridgehead atoms. The Hall–Kier alpha value is -2.77.